The molecule has 1 saturated carbocycles. The Bertz CT molecular complexity index is 1420. The number of nitrogens with zero attached hydrogens (tertiary/aromatic N) is 2. The predicted molar refractivity (Wildman–Crippen MR) is 157 cm³/mol. The fourth-order valence-corrected chi connectivity index (χ4v) is 5.98. The Morgan fingerprint density at radius 3 is 2.42 bits per heavy atom. The first-order chi connectivity index (χ1) is 19.2. The highest BCUT2D eigenvalue weighted by Crippen LogP contribution is 2.40. The Morgan fingerprint density at radius 2 is 1.85 bits per heavy atom. The number of benzene rings is 1. The van der Waals surface area contributed by atoms with Crippen molar-refractivity contribution in [2.45, 2.75) is 65.5 Å². The molecule has 0 atom stereocenters. The lowest BCUT2D eigenvalue weighted by Crippen LogP contribution is -2.58. The van der Waals surface area contributed by atoms with Crippen molar-refractivity contribution in [3.05, 3.63) is 68.2 Å². The van der Waals surface area contributed by atoms with Crippen LogP contribution in [0.4, 0.5) is 4.39 Å². The van der Waals surface area contributed by atoms with E-state index < -0.39 is 11.5 Å². The summed E-state index contributed by atoms with van der Waals surface area (Å²) in [5, 5.41) is 15.7. The van der Waals surface area contributed by atoms with Crippen molar-refractivity contribution in [1.29, 1.82) is 0 Å². The number of allylic oxidation sites excluding steroid dienone is 2. The Balaban J connectivity index is 1.89. The van der Waals surface area contributed by atoms with E-state index in [-0.39, 0.29) is 22.7 Å². The van der Waals surface area contributed by atoms with Gasteiger partial charge in [-0.3, -0.25) is 14.5 Å². The van der Waals surface area contributed by atoms with Gasteiger partial charge in [-0.2, -0.15) is 0 Å². The van der Waals surface area contributed by atoms with Crippen molar-refractivity contribution < 1.29 is 19.0 Å². The molecular formula is C32H42FN3O4. The van der Waals surface area contributed by atoms with E-state index in [1.165, 1.54) is 12.1 Å². The van der Waals surface area contributed by atoms with Gasteiger partial charge >= 0.3 is 0 Å². The van der Waals surface area contributed by atoms with E-state index in [0.29, 0.717) is 49.2 Å². The molecule has 2 N–H and O–H groups in total. The lowest BCUT2D eigenvalue weighted by Gasteiger charge is -2.46. The van der Waals surface area contributed by atoms with E-state index in [9.17, 15) is 19.1 Å². The zero-order valence-electron chi connectivity index (χ0n) is 24.1. The number of hydrogen-bond donors (Lipinski definition) is 2. The Hall–Kier alpha value is -3.23. The second-order valence-corrected chi connectivity index (χ2v) is 11.0. The third-order valence-corrected chi connectivity index (χ3v) is 8.21. The van der Waals surface area contributed by atoms with E-state index in [0.717, 1.165) is 43.5 Å². The minimum absolute atomic E-state index is 0.233. The number of amides is 1. The molecule has 1 saturated heterocycles. The smallest absolute Gasteiger partial charge is 0.267 e. The van der Waals surface area contributed by atoms with Crippen molar-refractivity contribution in [1.82, 2.24) is 14.8 Å². The third kappa shape index (κ3) is 6.39. The number of carbonyl (C=O) groups excluding carboxylic acids is 1. The maximum Gasteiger partial charge on any atom is 0.267 e. The minimum Gasteiger partial charge on any atom is -0.506 e. The van der Waals surface area contributed by atoms with Gasteiger partial charge in [0.1, 0.15) is 17.1 Å². The number of aromatic hydroxyl groups is 1. The van der Waals surface area contributed by atoms with Gasteiger partial charge in [-0.25, -0.2) is 4.39 Å². The Labute approximate surface area is 235 Å². The zero-order valence-corrected chi connectivity index (χ0v) is 24.1. The average molecular weight is 552 g/mol. The van der Waals surface area contributed by atoms with Gasteiger partial charge in [0.15, 0.2) is 0 Å². The summed E-state index contributed by atoms with van der Waals surface area (Å²) in [6.07, 6.45) is 8.63. The summed E-state index contributed by atoms with van der Waals surface area (Å²) in [5.41, 5.74) is 0.403. The Kier molecular flexibility index (Phi) is 9.64. The first kappa shape index (κ1) is 29.7. The van der Waals surface area contributed by atoms with Crippen LogP contribution in [0.3, 0.4) is 0 Å². The number of aromatic nitrogens is 1. The molecule has 0 spiro atoms. The molecule has 7 nitrogen and oxygen atoms in total. The maximum absolute atomic E-state index is 14.0. The summed E-state index contributed by atoms with van der Waals surface area (Å²) in [6.45, 7) is 11.8. The molecule has 40 heavy (non-hydrogen) atoms. The third-order valence-electron chi connectivity index (χ3n) is 8.21. The highest BCUT2D eigenvalue weighted by molar-refractivity contribution is 5.98. The molecule has 2 fully saturated rings. The number of carbonyl (C=O) groups is 1. The van der Waals surface area contributed by atoms with Gasteiger partial charge in [0.05, 0.1) is 18.6 Å². The van der Waals surface area contributed by atoms with E-state index in [1.807, 2.05) is 32.9 Å². The number of hydrogen-bond acceptors (Lipinski definition) is 5. The van der Waals surface area contributed by atoms with E-state index >= 15 is 0 Å². The van der Waals surface area contributed by atoms with Crippen molar-refractivity contribution in [3.63, 3.8) is 0 Å². The molecule has 216 valence electrons. The van der Waals surface area contributed by atoms with Crippen LogP contribution in [-0.2, 0) is 11.3 Å². The van der Waals surface area contributed by atoms with Gasteiger partial charge in [0, 0.05) is 36.9 Å². The molecule has 2 aliphatic rings. The van der Waals surface area contributed by atoms with Crippen LogP contribution < -0.4 is 21.4 Å². The fourth-order valence-electron chi connectivity index (χ4n) is 5.98. The fraction of sp³-hybridized carbons (Fsp3) is 0.500. The number of morpholine rings is 1. The number of rotatable bonds is 9. The van der Waals surface area contributed by atoms with E-state index in [2.05, 4.69) is 17.1 Å². The summed E-state index contributed by atoms with van der Waals surface area (Å²) < 4.78 is 20.7. The average Bonchev–Trinajstić information content (AvgIpc) is 2.93. The highest BCUT2D eigenvalue weighted by atomic mass is 19.1. The second kappa shape index (κ2) is 13.0. The van der Waals surface area contributed by atoms with Crippen LogP contribution in [-0.4, -0.2) is 58.9 Å². The molecule has 1 aliphatic carbocycles. The van der Waals surface area contributed by atoms with Crippen LogP contribution in [0.15, 0.2) is 35.1 Å². The van der Waals surface area contributed by atoms with Crippen LogP contribution in [0.25, 0.3) is 17.7 Å². The van der Waals surface area contributed by atoms with Gasteiger partial charge in [-0.05, 0) is 67.9 Å². The molecule has 2 heterocycles. The molecule has 0 radical (unpaired) electrons. The number of ether oxygens (including phenoxy) is 1. The van der Waals surface area contributed by atoms with Crippen LogP contribution in [0.1, 0.15) is 69.3 Å². The minimum atomic E-state index is -0.544. The summed E-state index contributed by atoms with van der Waals surface area (Å²) in [7, 11) is 0. The van der Waals surface area contributed by atoms with Crippen LogP contribution in [0, 0.1) is 11.7 Å². The highest BCUT2D eigenvalue weighted by Gasteiger charge is 2.42. The summed E-state index contributed by atoms with van der Waals surface area (Å²) in [4.78, 5) is 29.9. The monoisotopic (exact) mass is 551 g/mol. The summed E-state index contributed by atoms with van der Waals surface area (Å²) in [5.74, 6) is -0.715. The largest absolute Gasteiger partial charge is 0.506 e. The van der Waals surface area contributed by atoms with Crippen LogP contribution >= 0.6 is 0 Å². The normalized spacial score (nSPS) is 22.8. The number of pyridine rings is 1. The van der Waals surface area contributed by atoms with Crippen LogP contribution in [0.5, 0.6) is 5.75 Å². The molecule has 1 amide bonds. The summed E-state index contributed by atoms with van der Waals surface area (Å²) in [6, 6.07) is 6.12. The van der Waals surface area contributed by atoms with Crippen LogP contribution in [0.2, 0.25) is 0 Å². The first-order valence-corrected chi connectivity index (χ1v) is 14.4. The van der Waals surface area contributed by atoms with Gasteiger partial charge in [0.2, 0.25) is 0 Å². The Morgan fingerprint density at radius 1 is 1.18 bits per heavy atom. The first-order valence-electron chi connectivity index (χ1n) is 14.4. The van der Waals surface area contributed by atoms with Crippen molar-refractivity contribution in [3.8, 4) is 5.75 Å². The standard InChI is InChI=1S/C32H42FN3O4/c1-5-8-27-26(19-23(6-2)24-9-11-25(33)12-10-24)29(37)28(30(38)34-32(7-3)20-22(4)21-32)31(39)36(27)14-13-35-15-17-40-18-16-35/h6,8-12,19,22,37H,5,7,13-18,20-21H2,1-4H3,(H,34,38)/b23-6+,26-19+,27-8-. The molecule has 1 aromatic carbocycles. The van der Waals surface area contributed by atoms with Gasteiger partial charge < -0.3 is 19.7 Å². The van der Waals surface area contributed by atoms with Gasteiger partial charge in [0.25, 0.3) is 11.5 Å². The number of halogens is 1. The molecule has 4 rings (SSSR count). The molecular weight excluding hydrogens is 509 g/mol. The zero-order chi connectivity index (χ0) is 28.9. The molecule has 1 aliphatic heterocycles. The number of nitrogens with one attached hydrogen (secondary N) is 1. The van der Waals surface area contributed by atoms with Crippen molar-refractivity contribution in [2.75, 3.05) is 32.8 Å². The van der Waals surface area contributed by atoms with E-state index in [4.69, 9.17) is 4.74 Å². The van der Waals surface area contributed by atoms with Gasteiger partial charge in [-0.15, -0.1) is 0 Å². The topological polar surface area (TPSA) is 83.8 Å². The predicted octanol–water partition coefficient (Wildman–Crippen LogP) is 3.41. The lowest BCUT2D eigenvalue weighted by atomic mass is 9.67. The SMILES string of the molecule is C\C=C(/C=c1/c(O)c(C(=O)NC2(CC)CC(C)C2)c(=O)n(CCN2CCOCC2)/c1=C\CC)c1ccc(F)cc1. The molecule has 1 aromatic heterocycles. The second-order valence-electron chi connectivity index (χ2n) is 11.0. The maximum atomic E-state index is 14.0. The van der Waals surface area contributed by atoms with Crippen molar-refractivity contribution in [2.24, 2.45) is 5.92 Å². The quantitative estimate of drug-likeness (QED) is 0.499. The van der Waals surface area contributed by atoms with E-state index in [1.54, 1.807) is 22.8 Å². The molecule has 0 unspecified atom stereocenters. The molecule has 8 heteroatoms. The molecule has 2 aromatic rings. The van der Waals surface area contributed by atoms with Gasteiger partial charge in [-0.1, -0.05) is 45.1 Å². The lowest BCUT2D eigenvalue weighted by molar-refractivity contribution is 0.0361. The summed E-state index contributed by atoms with van der Waals surface area (Å²) >= 11 is 0. The molecule has 0 bridgehead atoms. The van der Waals surface area contributed by atoms with Crippen molar-refractivity contribution >= 4 is 23.6 Å².